The van der Waals surface area contributed by atoms with Gasteiger partial charge in [0.15, 0.2) is 5.82 Å². The first-order valence-electron chi connectivity index (χ1n) is 4.06. The molecule has 0 aliphatic carbocycles. The highest BCUT2D eigenvalue weighted by molar-refractivity contribution is 7.90. The van der Waals surface area contributed by atoms with Gasteiger partial charge in [-0.15, -0.1) is 0 Å². The average molecular weight is 262 g/mol. The van der Waals surface area contributed by atoms with E-state index in [1.54, 1.807) is 0 Å². The van der Waals surface area contributed by atoms with E-state index in [4.69, 9.17) is 11.6 Å². The Morgan fingerprint density at radius 3 is 2.62 bits per heavy atom. The molecule has 0 unspecified atom stereocenters. The van der Waals surface area contributed by atoms with Gasteiger partial charge < -0.3 is 0 Å². The van der Waals surface area contributed by atoms with Crippen molar-refractivity contribution in [2.45, 2.75) is 5.16 Å². The summed E-state index contributed by atoms with van der Waals surface area (Å²) < 4.78 is 35.7. The Labute approximate surface area is 95.2 Å². The van der Waals surface area contributed by atoms with Gasteiger partial charge in [0, 0.05) is 12.5 Å². The SMILES string of the molecule is CS(=O)(=O)c1ncc2c(Cl)ncc(F)c2n1. The molecule has 84 valence electrons. The molecule has 0 saturated heterocycles. The summed E-state index contributed by atoms with van der Waals surface area (Å²) in [7, 11) is -3.58. The van der Waals surface area contributed by atoms with Crippen molar-refractivity contribution in [3.63, 3.8) is 0 Å². The van der Waals surface area contributed by atoms with Crippen LogP contribution in [-0.4, -0.2) is 29.6 Å². The Balaban J connectivity index is 2.86. The number of aromatic nitrogens is 3. The van der Waals surface area contributed by atoms with Crippen molar-refractivity contribution in [2.75, 3.05) is 6.26 Å². The van der Waals surface area contributed by atoms with Crippen molar-refractivity contribution in [3.05, 3.63) is 23.4 Å². The largest absolute Gasteiger partial charge is 0.247 e. The topological polar surface area (TPSA) is 72.8 Å². The van der Waals surface area contributed by atoms with Gasteiger partial charge in [-0.3, -0.25) is 0 Å². The zero-order chi connectivity index (χ0) is 11.9. The van der Waals surface area contributed by atoms with Crippen molar-refractivity contribution in [3.8, 4) is 0 Å². The third-order valence-corrected chi connectivity index (χ3v) is 3.00. The molecular formula is C8H5ClFN3O2S. The minimum atomic E-state index is -3.58. The summed E-state index contributed by atoms with van der Waals surface area (Å²) in [4.78, 5) is 10.8. The number of rotatable bonds is 1. The van der Waals surface area contributed by atoms with Gasteiger partial charge in [-0.1, -0.05) is 11.6 Å². The molecule has 0 spiro atoms. The van der Waals surface area contributed by atoms with Crippen molar-refractivity contribution < 1.29 is 12.8 Å². The van der Waals surface area contributed by atoms with E-state index in [9.17, 15) is 12.8 Å². The molecule has 0 aromatic carbocycles. The Morgan fingerprint density at radius 2 is 2.00 bits per heavy atom. The van der Waals surface area contributed by atoms with Gasteiger partial charge in [0.05, 0.1) is 11.6 Å². The second-order valence-electron chi connectivity index (χ2n) is 3.08. The smallest absolute Gasteiger partial charge is 0.241 e. The van der Waals surface area contributed by atoms with E-state index in [0.29, 0.717) is 0 Å². The molecule has 5 nitrogen and oxygen atoms in total. The van der Waals surface area contributed by atoms with Crippen LogP contribution in [0.5, 0.6) is 0 Å². The lowest BCUT2D eigenvalue weighted by molar-refractivity contribution is 0.592. The maximum absolute atomic E-state index is 13.3. The number of sulfone groups is 1. The average Bonchev–Trinajstić information content (AvgIpc) is 2.22. The summed E-state index contributed by atoms with van der Waals surface area (Å²) >= 11 is 5.69. The van der Waals surface area contributed by atoms with Gasteiger partial charge >= 0.3 is 0 Å². The summed E-state index contributed by atoms with van der Waals surface area (Å²) in [6.45, 7) is 0. The van der Waals surface area contributed by atoms with Crippen LogP contribution >= 0.6 is 11.6 Å². The molecule has 2 aromatic rings. The zero-order valence-corrected chi connectivity index (χ0v) is 9.55. The predicted molar refractivity (Wildman–Crippen MR) is 55.4 cm³/mol. The molecule has 0 fully saturated rings. The maximum Gasteiger partial charge on any atom is 0.247 e. The molecule has 0 amide bonds. The first-order valence-corrected chi connectivity index (χ1v) is 6.33. The van der Waals surface area contributed by atoms with Crippen LogP contribution in [-0.2, 0) is 9.84 Å². The molecule has 0 saturated carbocycles. The number of fused-ring (bicyclic) bond motifs is 1. The molecule has 2 rings (SSSR count). The second-order valence-corrected chi connectivity index (χ2v) is 5.35. The summed E-state index contributed by atoms with van der Waals surface area (Å²) in [5.41, 5.74) is -0.157. The van der Waals surface area contributed by atoms with Gasteiger partial charge in [-0.05, 0) is 0 Å². The quantitative estimate of drug-likeness (QED) is 0.570. The Bertz CT molecular complexity index is 674. The monoisotopic (exact) mass is 261 g/mol. The molecular weight excluding hydrogens is 257 g/mol. The number of nitrogens with zero attached hydrogens (tertiary/aromatic N) is 3. The fourth-order valence-electron chi connectivity index (χ4n) is 1.12. The molecule has 0 bridgehead atoms. The van der Waals surface area contributed by atoms with Crippen LogP contribution in [0.4, 0.5) is 4.39 Å². The van der Waals surface area contributed by atoms with Crippen LogP contribution < -0.4 is 0 Å². The Hall–Kier alpha value is -1.34. The minimum absolute atomic E-state index is 0.0245. The highest BCUT2D eigenvalue weighted by atomic mass is 35.5. The normalized spacial score (nSPS) is 11.9. The molecule has 0 radical (unpaired) electrons. The third-order valence-electron chi connectivity index (χ3n) is 1.84. The molecule has 0 aliphatic heterocycles. The summed E-state index contributed by atoms with van der Waals surface area (Å²) in [6.07, 6.45) is 2.95. The molecule has 8 heteroatoms. The van der Waals surface area contributed by atoms with Gasteiger partial charge in [0.25, 0.3) is 0 Å². The van der Waals surface area contributed by atoms with E-state index < -0.39 is 20.8 Å². The number of hydrogen-bond donors (Lipinski definition) is 0. The molecule has 2 heterocycles. The Kier molecular flexibility index (Phi) is 2.51. The standard InChI is InChI=1S/C8H5ClFN3O2S/c1-16(14,15)8-12-2-4-6(13-8)5(10)3-11-7(4)9/h2-3H,1H3. The van der Waals surface area contributed by atoms with E-state index in [2.05, 4.69) is 15.0 Å². The first kappa shape index (κ1) is 11.2. The van der Waals surface area contributed by atoms with Crippen LogP contribution in [0.3, 0.4) is 0 Å². The van der Waals surface area contributed by atoms with Crippen LogP contribution in [0.25, 0.3) is 10.9 Å². The maximum atomic E-state index is 13.3. The molecule has 16 heavy (non-hydrogen) atoms. The lowest BCUT2D eigenvalue weighted by atomic mass is 10.3. The van der Waals surface area contributed by atoms with Crippen LogP contribution in [0, 0.1) is 5.82 Å². The van der Waals surface area contributed by atoms with Crippen LogP contribution in [0.1, 0.15) is 0 Å². The first-order chi connectivity index (χ1) is 7.39. The highest BCUT2D eigenvalue weighted by Gasteiger charge is 2.15. The number of pyridine rings is 1. The van der Waals surface area contributed by atoms with Gasteiger partial charge in [0.1, 0.15) is 10.7 Å². The fourth-order valence-corrected chi connectivity index (χ4v) is 1.81. The van der Waals surface area contributed by atoms with Crippen molar-refractivity contribution in [1.82, 2.24) is 15.0 Å². The van der Waals surface area contributed by atoms with E-state index in [1.165, 1.54) is 0 Å². The van der Waals surface area contributed by atoms with Gasteiger partial charge in [0.2, 0.25) is 15.0 Å². The lowest BCUT2D eigenvalue weighted by Crippen LogP contribution is -2.04. The predicted octanol–water partition coefficient (Wildman–Crippen LogP) is 1.22. The summed E-state index contributed by atoms with van der Waals surface area (Å²) in [5.74, 6) is -0.744. The van der Waals surface area contributed by atoms with E-state index >= 15 is 0 Å². The van der Waals surface area contributed by atoms with Gasteiger partial charge in [-0.2, -0.15) is 0 Å². The number of halogens is 2. The van der Waals surface area contributed by atoms with E-state index in [-0.39, 0.29) is 16.1 Å². The second kappa shape index (κ2) is 3.60. The van der Waals surface area contributed by atoms with Crippen LogP contribution in [0.15, 0.2) is 17.6 Å². The summed E-state index contributed by atoms with van der Waals surface area (Å²) in [5, 5.41) is -0.244. The third kappa shape index (κ3) is 1.83. The Morgan fingerprint density at radius 1 is 1.31 bits per heavy atom. The van der Waals surface area contributed by atoms with Crippen LogP contribution in [0.2, 0.25) is 5.15 Å². The van der Waals surface area contributed by atoms with E-state index in [0.717, 1.165) is 18.6 Å². The molecule has 0 N–H and O–H groups in total. The van der Waals surface area contributed by atoms with Crippen molar-refractivity contribution >= 4 is 32.3 Å². The minimum Gasteiger partial charge on any atom is -0.241 e. The fraction of sp³-hybridized carbons (Fsp3) is 0.125. The van der Waals surface area contributed by atoms with E-state index in [1.807, 2.05) is 0 Å². The van der Waals surface area contributed by atoms with Crippen molar-refractivity contribution in [2.24, 2.45) is 0 Å². The summed E-state index contributed by atoms with van der Waals surface area (Å²) in [6, 6.07) is 0. The lowest BCUT2D eigenvalue weighted by Gasteiger charge is -2.01. The molecule has 0 atom stereocenters. The zero-order valence-electron chi connectivity index (χ0n) is 7.98. The molecule has 0 aliphatic rings. The number of hydrogen-bond acceptors (Lipinski definition) is 5. The highest BCUT2D eigenvalue weighted by Crippen LogP contribution is 2.21. The van der Waals surface area contributed by atoms with Gasteiger partial charge in [-0.25, -0.2) is 27.8 Å². The van der Waals surface area contributed by atoms with Crippen molar-refractivity contribution in [1.29, 1.82) is 0 Å². The molecule has 2 aromatic heterocycles.